The van der Waals surface area contributed by atoms with Gasteiger partial charge in [-0.05, 0) is 48.9 Å². The van der Waals surface area contributed by atoms with Crippen molar-refractivity contribution >= 4 is 17.6 Å². The average molecular weight is 333 g/mol. The Morgan fingerprint density at radius 1 is 1.12 bits per heavy atom. The number of nitrogens with zero attached hydrogens (tertiary/aromatic N) is 2. The van der Waals surface area contributed by atoms with Crippen LogP contribution in [-0.2, 0) is 17.6 Å². The van der Waals surface area contributed by atoms with E-state index in [1.54, 1.807) is 4.90 Å². The van der Waals surface area contributed by atoms with Crippen LogP contribution in [0.1, 0.15) is 36.0 Å². The number of anilines is 1. The predicted octanol–water partition coefficient (Wildman–Crippen LogP) is 3.59. The van der Waals surface area contributed by atoms with Gasteiger partial charge in [0.05, 0.1) is 12.5 Å². The van der Waals surface area contributed by atoms with E-state index in [0.29, 0.717) is 19.0 Å². The Bertz CT molecular complexity index is 813. The van der Waals surface area contributed by atoms with Gasteiger partial charge in [-0.3, -0.25) is 14.7 Å². The van der Waals surface area contributed by atoms with E-state index in [1.807, 2.05) is 37.3 Å². The van der Waals surface area contributed by atoms with Crippen molar-refractivity contribution in [3.05, 3.63) is 65.2 Å². The normalized spacial score (nSPS) is 17.2. The number of aryl methyl sites for hydroxylation is 1. The lowest BCUT2D eigenvalue weighted by Gasteiger charge is -2.24. The minimum absolute atomic E-state index is 0.0996. The number of benzene rings is 2. The number of nitrogens with one attached hydrogen (secondary N) is 1. The third-order valence-corrected chi connectivity index (χ3v) is 5.17. The van der Waals surface area contributed by atoms with E-state index in [4.69, 9.17) is 0 Å². The van der Waals surface area contributed by atoms with Gasteiger partial charge in [-0.25, -0.2) is 0 Å². The molecule has 2 aromatic rings. The number of guanidine groups is 1. The Labute approximate surface area is 148 Å². The lowest BCUT2D eigenvalue weighted by atomic mass is 10.00. The molecule has 1 amide bonds. The lowest BCUT2D eigenvalue weighted by molar-refractivity contribution is -0.128. The molecule has 1 atom stereocenters. The molecule has 1 N–H and O–H groups in total. The monoisotopic (exact) mass is 333 g/mol. The van der Waals surface area contributed by atoms with Crippen molar-refractivity contribution in [1.82, 2.24) is 4.90 Å². The molecule has 0 saturated carbocycles. The van der Waals surface area contributed by atoms with E-state index in [1.165, 1.54) is 17.5 Å². The van der Waals surface area contributed by atoms with Crippen molar-refractivity contribution in [3.8, 4) is 0 Å². The summed E-state index contributed by atoms with van der Waals surface area (Å²) in [7, 11) is 0. The molecule has 4 heteroatoms. The first-order chi connectivity index (χ1) is 12.2. The van der Waals surface area contributed by atoms with Gasteiger partial charge in [0.2, 0.25) is 11.9 Å². The van der Waals surface area contributed by atoms with E-state index in [-0.39, 0.29) is 11.8 Å². The quantitative estimate of drug-likeness (QED) is 0.933. The standard InChI is InChI=1S/C21H23N3O/c1-15(16-7-3-2-4-8-16)20(25)24-14-13-22-21(24)23-19-12-6-10-17-9-5-11-18(17)19/h2-4,6-8,10,12,15H,5,9,11,13-14H2,1H3,(H,22,23). The summed E-state index contributed by atoms with van der Waals surface area (Å²) in [6, 6.07) is 16.3. The van der Waals surface area contributed by atoms with Crippen LogP contribution in [0.3, 0.4) is 0 Å². The van der Waals surface area contributed by atoms with Gasteiger partial charge in [0, 0.05) is 12.2 Å². The summed E-state index contributed by atoms with van der Waals surface area (Å²) in [6.07, 6.45) is 3.44. The van der Waals surface area contributed by atoms with Gasteiger partial charge in [0.25, 0.3) is 0 Å². The maximum Gasteiger partial charge on any atom is 0.236 e. The topological polar surface area (TPSA) is 44.7 Å². The van der Waals surface area contributed by atoms with Crippen LogP contribution in [-0.4, -0.2) is 29.9 Å². The smallest absolute Gasteiger partial charge is 0.236 e. The number of rotatable bonds is 3. The molecule has 4 nitrogen and oxygen atoms in total. The Kier molecular flexibility index (Phi) is 4.26. The van der Waals surface area contributed by atoms with Crippen LogP contribution in [0.2, 0.25) is 0 Å². The van der Waals surface area contributed by atoms with Gasteiger partial charge in [-0.2, -0.15) is 0 Å². The molecule has 25 heavy (non-hydrogen) atoms. The molecular formula is C21H23N3O. The average Bonchev–Trinajstić information content (AvgIpc) is 3.31. The van der Waals surface area contributed by atoms with Crippen LogP contribution < -0.4 is 5.32 Å². The van der Waals surface area contributed by atoms with Crippen LogP contribution in [0.15, 0.2) is 53.5 Å². The zero-order valence-electron chi connectivity index (χ0n) is 14.5. The summed E-state index contributed by atoms with van der Waals surface area (Å²) in [6.45, 7) is 3.27. The Morgan fingerprint density at radius 2 is 1.96 bits per heavy atom. The highest BCUT2D eigenvalue weighted by atomic mass is 16.2. The van der Waals surface area contributed by atoms with Crippen LogP contribution in [0.25, 0.3) is 0 Å². The highest BCUT2D eigenvalue weighted by Gasteiger charge is 2.29. The molecule has 0 spiro atoms. The fourth-order valence-corrected chi connectivity index (χ4v) is 3.74. The molecule has 2 aliphatic rings. The molecule has 0 fully saturated rings. The Hall–Kier alpha value is -2.62. The summed E-state index contributed by atoms with van der Waals surface area (Å²) in [4.78, 5) is 19.3. The summed E-state index contributed by atoms with van der Waals surface area (Å²) in [5.74, 6) is 0.614. The largest absolute Gasteiger partial charge is 0.326 e. The molecular weight excluding hydrogens is 310 g/mol. The summed E-state index contributed by atoms with van der Waals surface area (Å²) in [5.41, 5.74) is 4.93. The predicted molar refractivity (Wildman–Crippen MR) is 101 cm³/mol. The Morgan fingerprint density at radius 3 is 2.80 bits per heavy atom. The molecule has 0 radical (unpaired) electrons. The van der Waals surface area contributed by atoms with Crippen LogP contribution in [0.5, 0.6) is 0 Å². The molecule has 2 aromatic carbocycles. The van der Waals surface area contributed by atoms with Gasteiger partial charge >= 0.3 is 0 Å². The van der Waals surface area contributed by atoms with Crippen LogP contribution in [0.4, 0.5) is 5.69 Å². The number of hydrogen-bond donors (Lipinski definition) is 1. The van der Waals surface area contributed by atoms with Crippen molar-refractivity contribution in [3.63, 3.8) is 0 Å². The van der Waals surface area contributed by atoms with Crippen LogP contribution in [0, 0.1) is 0 Å². The second kappa shape index (κ2) is 6.71. The number of hydrogen-bond acceptors (Lipinski definition) is 3. The second-order valence-electron chi connectivity index (χ2n) is 6.75. The maximum absolute atomic E-state index is 13.0. The molecule has 0 aromatic heterocycles. The number of carbonyl (C=O) groups is 1. The van der Waals surface area contributed by atoms with Gasteiger partial charge < -0.3 is 5.32 Å². The van der Waals surface area contributed by atoms with E-state index in [0.717, 1.165) is 24.1 Å². The third-order valence-electron chi connectivity index (χ3n) is 5.17. The van der Waals surface area contributed by atoms with E-state index < -0.39 is 0 Å². The SMILES string of the molecule is CC(C(=O)N1CCN=C1Nc1cccc2c1CCC2)c1ccccc1. The molecule has 0 bridgehead atoms. The first-order valence-corrected chi connectivity index (χ1v) is 9.02. The van der Waals surface area contributed by atoms with Gasteiger partial charge in [-0.1, -0.05) is 42.5 Å². The second-order valence-corrected chi connectivity index (χ2v) is 6.75. The molecule has 1 heterocycles. The van der Waals surface area contributed by atoms with E-state index in [9.17, 15) is 4.79 Å². The highest BCUT2D eigenvalue weighted by molar-refractivity contribution is 6.07. The number of carbonyl (C=O) groups excluding carboxylic acids is 1. The third kappa shape index (κ3) is 3.04. The summed E-state index contributed by atoms with van der Waals surface area (Å²) < 4.78 is 0. The van der Waals surface area contributed by atoms with Crippen molar-refractivity contribution in [1.29, 1.82) is 0 Å². The Balaban J connectivity index is 1.53. The molecule has 1 aliphatic carbocycles. The lowest BCUT2D eigenvalue weighted by Crippen LogP contribution is -2.40. The van der Waals surface area contributed by atoms with E-state index >= 15 is 0 Å². The van der Waals surface area contributed by atoms with Crippen LogP contribution >= 0.6 is 0 Å². The molecule has 4 rings (SSSR count). The minimum Gasteiger partial charge on any atom is -0.326 e. The van der Waals surface area contributed by atoms with Crippen molar-refractivity contribution in [2.75, 3.05) is 18.4 Å². The fourth-order valence-electron chi connectivity index (χ4n) is 3.74. The van der Waals surface area contributed by atoms with E-state index in [2.05, 4.69) is 28.5 Å². The number of amides is 1. The van der Waals surface area contributed by atoms with Crippen molar-refractivity contribution in [2.45, 2.75) is 32.1 Å². The van der Waals surface area contributed by atoms with Gasteiger partial charge in [0.15, 0.2) is 0 Å². The van der Waals surface area contributed by atoms with Gasteiger partial charge in [0.1, 0.15) is 0 Å². The maximum atomic E-state index is 13.0. The fraction of sp³-hybridized carbons (Fsp3) is 0.333. The first kappa shape index (κ1) is 15.9. The molecule has 1 unspecified atom stereocenters. The minimum atomic E-state index is -0.173. The zero-order valence-corrected chi connectivity index (χ0v) is 14.5. The first-order valence-electron chi connectivity index (χ1n) is 9.02. The number of aliphatic imine (C=N–C) groups is 1. The molecule has 0 saturated heterocycles. The number of fused-ring (bicyclic) bond motifs is 1. The summed E-state index contributed by atoms with van der Waals surface area (Å²) >= 11 is 0. The summed E-state index contributed by atoms with van der Waals surface area (Å²) in [5, 5.41) is 3.43. The zero-order chi connectivity index (χ0) is 17.2. The van der Waals surface area contributed by atoms with Crippen molar-refractivity contribution in [2.24, 2.45) is 4.99 Å². The molecule has 1 aliphatic heterocycles. The molecule has 128 valence electrons. The van der Waals surface area contributed by atoms with Gasteiger partial charge in [-0.15, -0.1) is 0 Å². The highest BCUT2D eigenvalue weighted by Crippen LogP contribution is 2.29. The van der Waals surface area contributed by atoms with Crippen molar-refractivity contribution < 1.29 is 4.79 Å².